The molecule has 0 aliphatic carbocycles. The molecule has 0 saturated heterocycles. The Morgan fingerprint density at radius 1 is 1.10 bits per heavy atom. The number of imidazole rings is 1. The Morgan fingerprint density at radius 2 is 1.73 bits per heavy atom. The van der Waals surface area contributed by atoms with E-state index >= 15 is 0 Å². The molecule has 1 N–H and O–H groups in total. The summed E-state index contributed by atoms with van der Waals surface area (Å²) in [6.07, 6.45) is 1.68. The summed E-state index contributed by atoms with van der Waals surface area (Å²) < 4.78 is 40.1. The van der Waals surface area contributed by atoms with Gasteiger partial charge in [-0.15, -0.1) is 0 Å². The summed E-state index contributed by atoms with van der Waals surface area (Å²) in [6, 6.07) is 9.02. The summed E-state index contributed by atoms with van der Waals surface area (Å²) in [5, 5.41) is 10.5. The van der Waals surface area contributed by atoms with Crippen LogP contribution in [0.5, 0.6) is 5.88 Å². The van der Waals surface area contributed by atoms with Crippen molar-refractivity contribution >= 4 is 11.8 Å². The number of hydrogen-bond acceptors (Lipinski definition) is 4. The third-order valence-electron chi connectivity index (χ3n) is 4.62. The van der Waals surface area contributed by atoms with Crippen LogP contribution in [-0.2, 0) is 12.0 Å². The van der Waals surface area contributed by atoms with Crippen LogP contribution in [0.3, 0.4) is 0 Å². The number of benzene rings is 1. The number of alkyl halides is 3. The number of pyridine rings is 1. The molecule has 30 heavy (non-hydrogen) atoms. The maximum absolute atomic E-state index is 13.0. The van der Waals surface area contributed by atoms with Crippen molar-refractivity contribution in [3.8, 4) is 11.6 Å². The zero-order chi connectivity index (χ0) is 22.3. The van der Waals surface area contributed by atoms with Gasteiger partial charge in [-0.05, 0) is 60.6 Å². The first-order chi connectivity index (χ1) is 13.9. The molecule has 0 fully saturated rings. The van der Waals surface area contributed by atoms with Gasteiger partial charge in [0.05, 0.1) is 17.9 Å². The molecule has 5 nitrogen and oxygen atoms in total. The van der Waals surface area contributed by atoms with Gasteiger partial charge in [0, 0.05) is 22.2 Å². The Bertz CT molecular complexity index is 1110. The van der Waals surface area contributed by atoms with E-state index in [0.717, 1.165) is 15.8 Å². The highest BCUT2D eigenvalue weighted by atomic mass is 32.2. The summed E-state index contributed by atoms with van der Waals surface area (Å²) in [5.74, 6) is -0.249. The molecular formula is C21H22F3N3O2S. The van der Waals surface area contributed by atoms with Crippen molar-refractivity contribution in [3.05, 3.63) is 70.0 Å². The standard InChI is InChI=1S/C21H22F3N3O2S/c1-13-18(28)27(15-5-7-16(8-6-15)30-21(22,23)24)19(29)26(13)12-14-9-10-25-17(11-14)20(2,3)4/h5-11,28H,12H2,1-4H3. The van der Waals surface area contributed by atoms with E-state index in [-0.39, 0.29) is 40.2 Å². The van der Waals surface area contributed by atoms with Gasteiger partial charge in [0.15, 0.2) is 0 Å². The highest BCUT2D eigenvalue weighted by molar-refractivity contribution is 8.00. The van der Waals surface area contributed by atoms with Crippen LogP contribution in [0.25, 0.3) is 5.69 Å². The van der Waals surface area contributed by atoms with E-state index in [2.05, 4.69) is 4.98 Å². The molecule has 2 heterocycles. The normalized spacial score (nSPS) is 12.4. The average molecular weight is 437 g/mol. The molecule has 0 amide bonds. The van der Waals surface area contributed by atoms with E-state index in [1.165, 1.54) is 28.8 Å². The summed E-state index contributed by atoms with van der Waals surface area (Å²) in [4.78, 5) is 17.4. The fourth-order valence-corrected chi connectivity index (χ4v) is 3.56. The van der Waals surface area contributed by atoms with Crippen molar-refractivity contribution in [3.63, 3.8) is 0 Å². The van der Waals surface area contributed by atoms with Crippen LogP contribution in [0, 0.1) is 6.92 Å². The molecule has 0 atom stereocenters. The summed E-state index contributed by atoms with van der Waals surface area (Å²) in [5.41, 5.74) is -2.63. The van der Waals surface area contributed by atoms with Gasteiger partial charge in [0.25, 0.3) is 0 Å². The van der Waals surface area contributed by atoms with Crippen LogP contribution in [-0.4, -0.2) is 24.7 Å². The van der Waals surface area contributed by atoms with Crippen LogP contribution in [0.15, 0.2) is 52.3 Å². The molecular weight excluding hydrogens is 415 g/mol. The SMILES string of the molecule is Cc1c(O)n(-c2ccc(SC(F)(F)F)cc2)c(=O)n1Cc1ccnc(C(C)(C)C)c1. The highest BCUT2D eigenvalue weighted by Crippen LogP contribution is 2.37. The Labute approximate surface area is 176 Å². The molecule has 2 aromatic heterocycles. The molecule has 0 radical (unpaired) electrons. The van der Waals surface area contributed by atoms with Gasteiger partial charge in [-0.3, -0.25) is 9.55 Å². The largest absolute Gasteiger partial charge is 0.493 e. The Kier molecular flexibility index (Phi) is 5.77. The van der Waals surface area contributed by atoms with E-state index in [4.69, 9.17) is 0 Å². The van der Waals surface area contributed by atoms with Gasteiger partial charge >= 0.3 is 11.2 Å². The number of aromatic nitrogens is 3. The monoisotopic (exact) mass is 437 g/mol. The Balaban J connectivity index is 1.96. The van der Waals surface area contributed by atoms with Gasteiger partial charge in [-0.2, -0.15) is 13.2 Å². The van der Waals surface area contributed by atoms with E-state index in [1.54, 1.807) is 19.2 Å². The predicted octanol–water partition coefficient (Wildman–Crippen LogP) is 5.01. The fraction of sp³-hybridized carbons (Fsp3) is 0.333. The molecule has 0 spiro atoms. The van der Waals surface area contributed by atoms with E-state index in [0.29, 0.717) is 5.69 Å². The van der Waals surface area contributed by atoms with E-state index in [9.17, 15) is 23.1 Å². The lowest BCUT2D eigenvalue weighted by molar-refractivity contribution is -0.0328. The van der Waals surface area contributed by atoms with Crippen molar-refractivity contribution in [1.29, 1.82) is 0 Å². The summed E-state index contributed by atoms with van der Waals surface area (Å²) in [6.45, 7) is 7.98. The van der Waals surface area contributed by atoms with Crippen LogP contribution in [0.2, 0.25) is 0 Å². The van der Waals surface area contributed by atoms with Crippen molar-refractivity contribution in [2.75, 3.05) is 0 Å². The van der Waals surface area contributed by atoms with Crippen molar-refractivity contribution < 1.29 is 18.3 Å². The molecule has 160 valence electrons. The Morgan fingerprint density at radius 3 is 2.30 bits per heavy atom. The third kappa shape index (κ3) is 4.72. The smallest absolute Gasteiger partial charge is 0.446 e. The molecule has 3 aromatic rings. The lowest BCUT2D eigenvalue weighted by Crippen LogP contribution is -2.24. The number of aromatic hydroxyl groups is 1. The summed E-state index contributed by atoms with van der Waals surface area (Å²) >= 11 is -0.235. The molecule has 0 saturated carbocycles. The number of rotatable bonds is 4. The van der Waals surface area contributed by atoms with Crippen molar-refractivity contribution in [2.45, 2.75) is 50.1 Å². The van der Waals surface area contributed by atoms with Crippen LogP contribution < -0.4 is 5.69 Å². The first-order valence-electron chi connectivity index (χ1n) is 9.19. The topological polar surface area (TPSA) is 60.1 Å². The second-order valence-electron chi connectivity index (χ2n) is 7.95. The molecule has 0 aliphatic rings. The zero-order valence-corrected chi connectivity index (χ0v) is 17.8. The fourth-order valence-electron chi connectivity index (χ4n) is 3.02. The lowest BCUT2D eigenvalue weighted by Gasteiger charge is -2.18. The minimum Gasteiger partial charge on any atom is -0.493 e. The first-order valence-corrected chi connectivity index (χ1v) is 10.0. The van der Waals surface area contributed by atoms with Gasteiger partial charge in [0.1, 0.15) is 0 Å². The Hall–Kier alpha value is -2.68. The minimum absolute atomic E-state index is 0.00133. The van der Waals surface area contributed by atoms with E-state index in [1.807, 2.05) is 26.8 Å². The van der Waals surface area contributed by atoms with Crippen molar-refractivity contribution in [1.82, 2.24) is 14.1 Å². The quantitative estimate of drug-likeness (QED) is 0.583. The predicted molar refractivity (Wildman–Crippen MR) is 110 cm³/mol. The number of halogens is 3. The second-order valence-corrected chi connectivity index (χ2v) is 9.09. The zero-order valence-electron chi connectivity index (χ0n) is 17.0. The van der Waals surface area contributed by atoms with Crippen LogP contribution in [0.1, 0.15) is 37.7 Å². The number of nitrogens with zero attached hydrogens (tertiary/aromatic N) is 3. The lowest BCUT2D eigenvalue weighted by atomic mass is 9.91. The van der Waals surface area contributed by atoms with Crippen molar-refractivity contribution in [2.24, 2.45) is 0 Å². The first kappa shape index (κ1) is 22.0. The number of hydrogen-bond donors (Lipinski definition) is 1. The second kappa shape index (κ2) is 7.86. The minimum atomic E-state index is -4.39. The maximum atomic E-state index is 13.0. The number of thioether (sulfide) groups is 1. The summed E-state index contributed by atoms with van der Waals surface area (Å²) in [7, 11) is 0. The maximum Gasteiger partial charge on any atom is 0.446 e. The third-order valence-corrected chi connectivity index (χ3v) is 5.36. The van der Waals surface area contributed by atoms with Crippen LogP contribution in [0.4, 0.5) is 13.2 Å². The van der Waals surface area contributed by atoms with Gasteiger partial charge in [0.2, 0.25) is 5.88 Å². The molecule has 9 heteroatoms. The molecule has 3 rings (SSSR count). The van der Waals surface area contributed by atoms with E-state index < -0.39 is 11.2 Å². The molecule has 0 unspecified atom stereocenters. The van der Waals surface area contributed by atoms with Crippen LogP contribution >= 0.6 is 11.8 Å². The van der Waals surface area contributed by atoms with Gasteiger partial charge in [-0.25, -0.2) is 9.36 Å². The highest BCUT2D eigenvalue weighted by Gasteiger charge is 2.29. The molecule has 0 aliphatic heterocycles. The molecule has 0 bridgehead atoms. The average Bonchev–Trinajstić information content (AvgIpc) is 2.84. The van der Waals surface area contributed by atoms with Gasteiger partial charge < -0.3 is 5.11 Å². The molecule has 1 aromatic carbocycles. The van der Waals surface area contributed by atoms with Gasteiger partial charge in [-0.1, -0.05) is 20.8 Å².